The zero-order valence-electron chi connectivity index (χ0n) is 11.2. The Kier molecular flexibility index (Phi) is 7.15. The molecule has 0 spiro atoms. The molecule has 0 radical (unpaired) electrons. The van der Waals surface area contributed by atoms with Crippen molar-refractivity contribution in [2.45, 2.75) is 24.8 Å². The van der Waals surface area contributed by atoms with Crippen LogP contribution in [0.25, 0.3) is 0 Å². The summed E-state index contributed by atoms with van der Waals surface area (Å²) in [5.41, 5.74) is 7.21. The second kappa shape index (κ2) is 8.37. The van der Waals surface area contributed by atoms with Crippen LogP contribution in [0.3, 0.4) is 0 Å². The summed E-state index contributed by atoms with van der Waals surface area (Å²) in [6.45, 7) is 1.23. The lowest BCUT2D eigenvalue weighted by atomic mass is 9.76. The zero-order chi connectivity index (χ0) is 12.8. The minimum atomic E-state index is 0. The smallest absolute Gasteiger partial charge is 0.188 e. The fraction of sp³-hybridized carbons (Fsp3) is 0.500. The highest BCUT2D eigenvalue weighted by atomic mass is 127. The Morgan fingerprint density at radius 1 is 1.37 bits per heavy atom. The summed E-state index contributed by atoms with van der Waals surface area (Å²) in [5, 5.41) is 3.25. The number of aliphatic imine (C=N–C) groups is 1. The van der Waals surface area contributed by atoms with E-state index in [-0.39, 0.29) is 24.0 Å². The summed E-state index contributed by atoms with van der Waals surface area (Å²) in [6, 6.07) is 11.1. The predicted molar refractivity (Wildman–Crippen MR) is 89.1 cm³/mol. The molecule has 1 fully saturated rings. The molecule has 1 aromatic carbocycles. The largest absolute Gasteiger partial charge is 0.383 e. The van der Waals surface area contributed by atoms with Crippen molar-refractivity contribution in [1.82, 2.24) is 5.32 Å². The third kappa shape index (κ3) is 4.99. The van der Waals surface area contributed by atoms with Crippen molar-refractivity contribution in [2.24, 2.45) is 10.7 Å². The molecule has 0 atom stereocenters. The van der Waals surface area contributed by atoms with Crippen molar-refractivity contribution in [1.29, 1.82) is 0 Å². The van der Waals surface area contributed by atoms with Gasteiger partial charge < -0.3 is 15.8 Å². The van der Waals surface area contributed by atoms with Gasteiger partial charge >= 0.3 is 0 Å². The maximum Gasteiger partial charge on any atom is 0.188 e. The first-order chi connectivity index (χ1) is 8.79. The van der Waals surface area contributed by atoms with Crippen molar-refractivity contribution in [3.05, 3.63) is 35.9 Å². The number of hydrogen-bond acceptors (Lipinski definition) is 2. The molecule has 0 saturated heterocycles. The van der Waals surface area contributed by atoms with Crippen LogP contribution in [0.5, 0.6) is 0 Å². The van der Waals surface area contributed by atoms with Gasteiger partial charge in [-0.15, -0.1) is 24.0 Å². The van der Waals surface area contributed by atoms with Crippen LogP contribution in [0.4, 0.5) is 0 Å². The Morgan fingerprint density at radius 3 is 2.68 bits per heavy atom. The molecule has 1 aromatic rings. The zero-order valence-corrected chi connectivity index (χ0v) is 13.5. The first kappa shape index (κ1) is 16.2. The van der Waals surface area contributed by atoms with Gasteiger partial charge in [0.1, 0.15) is 0 Å². The summed E-state index contributed by atoms with van der Waals surface area (Å²) in [6.07, 6.45) is 2.26. The molecule has 0 heterocycles. The van der Waals surface area contributed by atoms with Gasteiger partial charge in [0.25, 0.3) is 0 Å². The average Bonchev–Trinajstić information content (AvgIpc) is 2.35. The minimum Gasteiger partial charge on any atom is -0.383 e. The molecule has 1 aliphatic carbocycles. The third-order valence-electron chi connectivity index (χ3n) is 3.34. The second-order valence-corrected chi connectivity index (χ2v) is 4.68. The first-order valence-electron chi connectivity index (χ1n) is 6.40. The number of rotatable bonds is 5. The van der Waals surface area contributed by atoms with Crippen LogP contribution >= 0.6 is 24.0 Å². The highest BCUT2D eigenvalue weighted by Gasteiger charge is 2.30. The van der Waals surface area contributed by atoms with Crippen LogP contribution in [-0.4, -0.2) is 32.3 Å². The van der Waals surface area contributed by atoms with E-state index in [0.29, 0.717) is 31.1 Å². The number of nitrogens with zero attached hydrogens (tertiary/aromatic N) is 1. The molecule has 1 saturated carbocycles. The number of hydrogen-bond donors (Lipinski definition) is 2. The molecule has 0 aliphatic heterocycles. The van der Waals surface area contributed by atoms with E-state index in [1.165, 1.54) is 5.56 Å². The molecule has 0 unspecified atom stereocenters. The van der Waals surface area contributed by atoms with Gasteiger partial charge in [0, 0.05) is 13.2 Å². The van der Waals surface area contributed by atoms with E-state index >= 15 is 0 Å². The van der Waals surface area contributed by atoms with Crippen LogP contribution in [0.1, 0.15) is 24.3 Å². The van der Waals surface area contributed by atoms with Crippen molar-refractivity contribution in [2.75, 3.05) is 20.3 Å². The number of guanidine groups is 1. The fourth-order valence-electron chi connectivity index (χ4n) is 2.25. The Labute approximate surface area is 131 Å². The summed E-state index contributed by atoms with van der Waals surface area (Å²) in [5.74, 6) is 1.19. The number of ether oxygens (including phenoxy) is 1. The molecule has 5 heteroatoms. The van der Waals surface area contributed by atoms with Gasteiger partial charge in [0.15, 0.2) is 5.96 Å². The molecule has 0 amide bonds. The molecule has 106 valence electrons. The topological polar surface area (TPSA) is 59.6 Å². The molecule has 4 nitrogen and oxygen atoms in total. The van der Waals surface area contributed by atoms with E-state index < -0.39 is 0 Å². The molecular formula is C14H22IN3O. The Morgan fingerprint density at radius 2 is 2.05 bits per heavy atom. The lowest BCUT2D eigenvalue weighted by molar-refractivity contribution is 0.207. The molecule has 0 bridgehead atoms. The molecule has 2 rings (SSSR count). The van der Waals surface area contributed by atoms with E-state index in [2.05, 4.69) is 40.6 Å². The lowest BCUT2D eigenvalue weighted by Gasteiger charge is -2.36. The molecular weight excluding hydrogens is 353 g/mol. The Bertz CT molecular complexity index is 391. The first-order valence-corrected chi connectivity index (χ1v) is 6.40. The monoisotopic (exact) mass is 375 g/mol. The molecule has 3 N–H and O–H groups in total. The van der Waals surface area contributed by atoms with Crippen LogP contribution < -0.4 is 11.1 Å². The standard InChI is InChI=1S/C14H21N3O.HI/c1-18-8-7-16-14(15)17-13-9-12(10-13)11-5-3-2-4-6-11;/h2-6,12-13H,7-10H2,1H3,(H3,15,16,17);1H. The maximum atomic E-state index is 5.79. The predicted octanol–water partition coefficient (Wildman–Crippen LogP) is 2.10. The van der Waals surface area contributed by atoms with Gasteiger partial charge in [-0.25, -0.2) is 0 Å². The minimum absolute atomic E-state index is 0. The molecule has 19 heavy (non-hydrogen) atoms. The van der Waals surface area contributed by atoms with E-state index in [1.54, 1.807) is 7.11 Å². The van der Waals surface area contributed by atoms with Crippen LogP contribution in [0, 0.1) is 0 Å². The van der Waals surface area contributed by atoms with Gasteiger partial charge in [-0.2, -0.15) is 0 Å². The number of benzene rings is 1. The van der Waals surface area contributed by atoms with E-state index in [0.717, 1.165) is 12.8 Å². The summed E-state index contributed by atoms with van der Waals surface area (Å²) < 4.78 is 4.92. The summed E-state index contributed by atoms with van der Waals surface area (Å²) in [7, 11) is 1.66. The SMILES string of the molecule is COCCN=C(N)NC1CC(c2ccccc2)C1.I. The average molecular weight is 375 g/mol. The summed E-state index contributed by atoms with van der Waals surface area (Å²) >= 11 is 0. The van der Waals surface area contributed by atoms with Crippen LogP contribution in [0.15, 0.2) is 35.3 Å². The number of nitrogens with one attached hydrogen (secondary N) is 1. The molecule has 0 aromatic heterocycles. The van der Waals surface area contributed by atoms with Gasteiger partial charge in [0.2, 0.25) is 0 Å². The number of nitrogens with two attached hydrogens (primary N) is 1. The van der Waals surface area contributed by atoms with Gasteiger partial charge in [-0.05, 0) is 24.3 Å². The van der Waals surface area contributed by atoms with E-state index in [1.807, 2.05) is 0 Å². The quantitative estimate of drug-likeness (QED) is 0.359. The van der Waals surface area contributed by atoms with Crippen LogP contribution in [0.2, 0.25) is 0 Å². The maximum absolute atomic E-state index is 5.79. The number of halogens is 1. The van der Waals surface area contributed by atoms with Crippen molar-refractivity contribution in [3.8, 4) is 0 Å². The second-order valence-electron chi connectivity index (χ2n) is 4.68. The van der Waals surface area contributed by atoms with Gasteiger partial charge in [-0.1, -0.05) is 30.3 Å². The summed E-state index contributed by atoms with van der Waals surface area (Å²) in [4.78, 5) is 4.19. The highest BCUT2D eigenvalue weighted by molar-refractivity contribution is 14.0. The number of methoxy groups -OCH3 is 1. The van der Waals surface area contributed by atoms with Gasteiger partial charge in [0.05, 0.1) is 13.2 Å². The van der Waals surface area contributed by atoms with Crippen molar-refractivity contribution >= 4 is 29.9 Å². The molecule has 1 aliphatic rings. The van der Waals surface area contributed by atoms with Crippen molar-refractivity contribution in [3.63, 3.8) is 0 Å². The van der Waals surface area contributed by atoms with Crippen LogP contribution in [-0.2, 0) is 4.74 Å². The third-order valence-corrected chi connectivity index (χ3v) is 3.34. The normalized spacial score (nSPS) is 22.3. The lowest BCUT2D eigenvalue weighted by Crippen LogP contribution is -2.46. The fourth-order valence-corrected chi connectivity index (χ4v) is 2.25. The van der Waals surface area contributed by atoms with E-state index in [9.17, 15) is 0 Å². The van der Waals surface area contributed by atoms with Crippen molar-refractivity contribution < 1.29 is 4.74 Å². The Balaban J connectivity index is 0.00000180. The Hall–Kier alpha value is -0.820. The highest BCUT2D eigenvalue weighted by Crippen LogP contribution is 2.36. The van der Waals surface area contributed by atoms with Gasteiger partial charge in [-0.3, -0.25) is 4.99 Å². The van der Waals surface area contributed by atoms with E-state index in [4.69, 9.17) is 10.5 Å².